The molecular formula is C13H22N2O4. The molecule has 1 aromatic rings. The molecule has 6 nitrogen and oxygen atoms in total. The van der Waals surface area contributed by atoms with E-state index in [4.69, 9.17) is 10.8 Å². The van der Waals surface area contributed by atoms with Crippen molar-refractivity contribution in [1.82, 2.24) is 0 Å². The fraction of sp³-hybridized carbons (Fsp3) is 0.538. The molecule has 0 aliphatic rings. The predicted molar refractivity (Wildman–Crippen MR) is 73.9 cm³/mol. The Morgan fingerprint density at radius 3 is 2.26 bits per heavy atom. The normalized spacial score (nSPS) is 15.9. The molecule has 108 valence electrons. The van der Waals surface area contributed by atoms with Crippen LogP contribution in [-0.2, 0) is 0 Å². The molecule has 1 rings (SSSR count). The van der Waals surface area contributed by atoms with E-state index in [0.29, 0.717) is 11.4 Å². The summed E-state index contributed by atoms with van der Waals surface area (Å²) in [4.78, 5) is 0. The van der Waals surface area contributed by atoms with Gasteiger partial charge in [-0.3, -0.25) is 0 Å². The van der Waals surface area contributed by atoms with E-state index in [-0.39, 0.29) is 6.54 Å². The average molecular weight is 270 g/mol. The van der Waals surface area contributed by atoms with Gasteiger partial charge in [0.05, 0.1) is 24.1 Å². The molecule has 0 aliphatic heterocycles. The topological polar surface area (TPSA) is 119 Å². The lowest BCUT2D eigenvalue weighted by Gasteiger charge is -2.22. The summed E-state index contributed by atoms with van der Waals surface area (Å²) in [6.45, 7) is 3.31. The molecule has 0 aromatic heterocycles. The van der Waals surface area contributed by atoms with Gasteiger partial charge in [-0.05, 0) is 37.1 Å². The molecule has 0 fully saturated rings. The van der Waals surface area contributed by atoms with Crippen molar-refractivity contribution in [2.45, 2.75) is 32.2 Å². The molecule has 6 heteroatoms. The molecular weight excluding hydrogens is 248 g/mol. The summed E-state index contributed by atoms with van der Waals surface area (Å²) in [5.74, 6) is 0. The Morgan fingerprint density at radius 1 is 1.11 bits per heavy atom. The Balaban J connectivity index is 2.64. The van der Waals surface area contributed by atoms with E-state index in [1.807, 2.05) is 26.0 Å². The average Bonchev–Trinajstić information content (AvgIpc) is 2.39. The fourth-order valence-corrected chi connectivity index (χ4v) is 1.69. The number of hydrogen-bond acceptors (Lipinski definition) is 6. The van der Waals surface area contributed by atoms with Crippen LogP contribution in [0.4, 0.5) is 11.4 Å². The Labute approximate surface area is 112 Å². The Morgan fingerprint density at radius 2 is 1.68 bits per heavy atom. The highest BCUT2D eigenvalue weighted by molar-refractivity contribution is 5.68. The largest absolute Gasteiger partial charge is 0.397 e. The van der Waals surface area contributed by atoms with Crippen LogP contribution in [0.1, 0.15) is 11.1 Å². The van der Waals surface area contributed by atoms with Gasteiger partial charge in [0.15, 0.2) is 0 Å². The lowest BCUT2D eigenvalue weighted by molar-refractivity contribution is -0.0715. The summed E-state index contributed by atoms with van der Waals surface area (Å²) in [6.07, 6.45) is -3.98. The number of nitrogen functional groups attached to an aromatic ring is 1. The molecule has 0 unspecified atom stereocenters. The first kappa shape index (κ1) is 15.7. The van der Waals surface area contributed by atoms with Gasteiger partial charge in [0, 0.05) is 6.54 Å². The third kappa shape index (κ3) is 4.07. The van der Waals surface area contributed by atoms with Crippen LogP contribution in [-0.4, -0.2) is 51.9 Å². The number of aliphatic hydroxyl groups excluding tert-OH is 4. The van der Waals surface area contributed by atoms with Crippen molar-refractivity contribution in [1.29, 1.82) is 0 Å². The van der Waals surface area contributed by atoms with Crippen LogP contribution in [0.3, 0.4) is 0 Å². The summed E-state index contributed by atoms with van der Waals surface area (Å²) in [5, 5.41) is 40.0. The third-order valence-electron chi connectivity index (χ3n) is 3.14. The Kier molecular flexibility index (Phi) is 5.56. The zero-order chi connectivity index (χ0) is 14.6. The summed E-state index contributed by atoms with van der Waals surface area (Å²) in [5.41, 5.74) is 9.18. The maximum Gasteiger partial charge on any atom is 0.110 e. The van der Waals surface area contributed by atoms with Gasteiger partial charge >= 0.3 is 0 Å². The zero-order valence-electron chi connectivity index (χ0n) is 11.2. The van der Waals surface area contributed by atoms with Gasteiger partial charge in [-0.1, -0.05) is 0 Å². The van der Waals surface area contributed by atoms with Crippen molar-refractivity contribution in [3.63, 3.8) is 0 Å². The van der Waals surface area contributed by atoms with Crippen LogP contribution in [0, 0.1) is 13.8 Å². The quantitative estimate of drug-likeness (QED) is 0.383. The summed E-state index contributed by atoms with van der Waals surface area (Å²) >= 11 is 0. The van der Waals surface area contributed by atoms with Crippen molar-refractivity contribution in [2.75, 3.05) is 24.2 Å². The molecule has 7 N–H and O–H groups in total. The third-order valence-corrected chi connectivity index (χ3v) is 3.14. The van der Waals surface area contributed by atoms with E-state index in [1.54, 1.807) is 0 Å². The molecule has 0 saturated heterocycles. The number of nitrogens with two attached hydrogens (primary N) is 1. The van der Waals surface area contributed by atoms with E-state index in [9.17, 15) is 15.3 Å². The summed E-state index contributed by atoms with van der Waals surface area (Å²) in [7, 11) is 0. The van der Waals surface area contributed by atoms with Gasteiger partial charge in [-0.25, -0.2) is 0 Å². The molecule has 0 saturated carbocycles. The van der Waals surface area contributed by atoms with Crippen LogP contribution in [0.15, 0.2) is 12.1 Å². The van der Waals surface area contributed by atoms with Gasteiger partial charge < -0.3 is 31.5 Å². The first-order valence-electron chi connectivity index (χ1n) is 6.12. The SMILES string of the molecule is Cc1cc(N)c(NC[C@H](O)[C@@H](O)[C@@H](O)CO)cc1C. The Bertz CT molecular complexity index is 425. The summed E-state index contributed by atoms with van der Waals surface area (Å²) < 4.78 is 0. The minimum atomic E-state index is -1.41. The number of aliphatic hydroxyl groups is 4. The van der Waals surface area contributed by atoms with Crippen LogP contribution in [0.25, 0.3) is 0 Å². The highest BCUT2D eigenvalue weighted by atomic mass is 16.4. The Hall–Kier alpha value is -1.34. The second-order valence-electron chi connectivity index (χ2n) is 4.71. The van der Waals surface area contributed by atoms with E-state index in [0.717, 1.165) is 11.1 Å². The molecule has 1 aromatic carbocycles. The molecule has 0 aliphatic carbocycles. The number of aryl methyl sites for hydroxylation is 2. The molecule has 0 spiro atoms. The standard InChI is InChI=1S/C13H22N2O4/c1-7-3-9(14)10(4-8(7)2)15-5-11(17)13(19)12(18)6-16/h3-4,11-13,15-19H,5-6,14H2,1-2H3/t11-,12-,13+/m0/s1. The molecule has 19 heavy (non-hydrogen) atoms. The zero-order valence-corrected chi connectivity index (χ0v) is 11.2. The number of benzene rings is 1. The van der Waals surface area contributed by atoms with Gasteiger partial charge in [0.2, 0.25) is 0 Å². The monoisotopic (exact) mass is 270 g/mol. The van der Waals surface area contributed by atoms with Crippen molar-refractivity contribution in [3.05, 3.63) is 23.3 Å². The van der Waals surface area contributed by atoms with E-state index in [1.165, 1.54) is 0 Å². The summed E-state index contributed by atoms with van der Waals surface area (Å²) in [6, 6.07) is 3.68. The second-order valence-corrected chi connectivity index (χ2v) is 4.71. The fourth-order valence-electron chi connectivity index (χ4n) is 1.69. The van der Waals surface area contributed by atoms with Gasteiger partial charge in [-0.2, -0.15) is 0 Å². The smallest absolute Gasteiger partial charge is 0.110 e. The number of nitrogens with one attached hydrogen (secondary N) is 1. The number of anilines is 2. The predicted octanol–water partition coefficient (Wildman–Crippen LogP) is -0.627. The first-order valence-corrected chi connectivity index (χ1v) is 6.12. The van der Waals surface area contributed by atoms with E-state index < -0.39 is 24.9 Å². The maximum absolute atomic E-state index is 9.67. The molecule has 0 amide bonds. The van der Waals surface area contributed by atoms with Crippen molar-refractivity contribution in [2.24, 2.45) is 0 Å². The number of hydrogen-bond donors (Lipinski definition) is 6. The van der Waals surface area contributed by atoms with Crippen molar-refractivity contribution in [3.8, 4) is 0 Å². The van der Waals surface area contributed by atoms with Crippen molar-refractivity contribution < 1.29 is 20.4 Å². The van der Waals surface area contributed by atoms with Crippen LogP contribution >= 0.6 is 0 Å². The van der Waals surface area contributed by atoms with Gasteiger partial charge in [0.25, 0.3) is 0 Å². The van der Waals surface area contributed by atoms with Crippen molar-refractivity contribution >= 4 is 11.4 Å². The first-order chi connectivity index (χ1) is 8.86. The lowest BCUT2D eigenvalue weighted by Crippen LogP contribution is -2.42. The highest BCUT2D eigenvalue weighted by Crippen LogP contribution is 2.23. The van der Waals surface area contributed by atoms with Gasteiger partial charge in [-0.15, -0.1) is 0 Å². The molecule has 0 radical (unpaired) electrons. The molecule has 0 heterocycles. The number of rotatable bonds is 6. The minimum Gasteiger partial charge on any atom is -0.397 e. The van der Waals surface area contributed by atoms with E-state index >= 15 is 0 Å². The lowest BCUT2D eigenvalue weighted by atomic mass is 10.1. The van der Waals surface area contributed by atoms with Crippen LogP contribution in [0.5, 0.6) is 0 Å². The molecule has 0 bridgehead atoms. The molecule has 3 atom stereocenters. The van der Waals surface area contributed by atoms with Crippen LogP contribution < -0.4 is 11.1 Å². The maximum atomic E-state index is 9.67. The second kappa shape index (κ2) is 6.72. The van der Waals surface area contributed by atoms with Gasteiger partial charge in [0.1, 0.15) is 12.2 Å². The minimum absolute atomic E-state index is 0.0188. The highest BCUT2D eigenvalue weighted by Gasteiger charge is 2.23. The van der Waals surface area contributed by atoms with Crippen LogP contribution in [0.2, 0.25) is 0 Å². The van der Waals surface area contributed by atoms with E-state index in [2.05, 4.69) is 5.32 Å².